The van der Waals surface area contributed by atoms with Gasteiger partial charge < -0.3 is 5.32 Å². The zero-order chi connectivity index (χ0) is 19.7. The first-order chi connectivity index (χ1) is 13.6. The molecule has 1 atom stereocenters. The molecule has 2 aliphatic heterocycles. The molecule has 0 bridgehead atoms. The molecule has 1 saturated heterocycles. The van der Waals surface area contributed by atoms with Crippen molar-refractivity contribution >= 4 is 11.6 Å². The van der Waals surface area contributed by atoms with Gasteiger partial charge in [0.1, 0.15) is 0 Å². The van der Waals surface area contributed by atoms with Crippen LogP contribution in [-0.2, 0) is 16.8 Å². The molecule has 2 fully saturated rings. The molecule has 0 aromatic heterocycles. The van der Waals surface area contributed by atoms with E-state index < -0.39 is 0 Å². The lowest BCUT2D eigenvalue weighted by molar-refractivity contribution is -0.117. The molecular weight excluding hydrogens is 346 g/mol. The number of benzene rings is 1. The van der Waals surface area contributed by atoms with E-state index >= 15 is 0 Å². The third-order valence-corrected chi connectivity index (χ3v) is 7.17. The number of piperazine rings is 1. The molecule has 4 nitrogen and oxygen atoms in total. The molecule has 154 valence electrons. The van der Waals surface area contributed by atoms with Crippen molar-refractivity contribution in [3.8, 4) is 0 Å². The Bertz CT molecular complexity index is 706. The van der Waals surface area contributed by atoms with Crippen LogP contribution in [0.4, 0.5) is 5.69 Å². The standard InChI is InChI=1S/C24H37N3O/c1-4-6-19(7-5-2)17-27-13-12-26(15-18(27)3)16-20-8-9-22-21(14-20)24(10-11-24)23(28)25-22/h8-9,14,18-19H,4-7,10-13,15-17H2,1-3H3,(H,25,28). The van der Waals surface area contributed by atoms with Gasteiger partial charge in [0.2, 0.25) is 5.91 Å². The lowest BCUT2D eigenvalue weighted by Crippen LogP contribution is -2.52. The molecule has 1 aromatic rings. The fourth-order valence-electron chi connectivity index (χ4n) is 5.40. The fraction of sp³-hybridized carbons (Fsp3) is 0.708. The first kappa shape index (κ1) is 19.9. The van der Waals surface area contributed by atoms with Gasteiger partial charge in [0, 0.05) is 44.5 Å². The summed E-state index contributed by atoms with van der Waals surface area (Å²) in [5.74, 6) is 1.08. The number of carbonyl (C=O) groups excluding carboxylic acids is 1. The molecule has 1 N–H and O–H groups in total. The summed E-state index contributed by atoms with van der Waals surface area (Å²) >= 11 is 0. The molecular formula is C24H37N3O. The van der Waals surface area contributed by atoms with Crippen molar-refractivity contribution in [2.24, 2.45) is 5.92 Å². The van der Waals surface area contributed by atoms with Gasteiger partial charge in [-0.15, -0.1) is 0 Å². The van der Waals surface area contributed by atoms with E-state index in [4.69, 9.17) is 0 Å². The average Bonchev–Trinajstić information content (AvgIpc) is 3.42. The topological polar surface area (TPSA) is 35.6 Å². The van der Waals surface area contributed by atoms with Crippen molar-refractivity contribution in [3.05, 3.63) is 29.3 Å². The summed E-state index contributed by atoms with van der Waals surface area (Å²) in [5.41, 5.74) is 3.48. The summed E-state index contributed by atoms with van der Waals surface area (Å²) in [4.78, 5) is 17.6. The SMILES string of the molecule is CCCC(CCC)CN1CCN(Cc2ccc3c(c2)C2(CC2)C(=O)N3)CC1C. The van der Waals surface area contributed by atoms with Crippen molar-refractivity contribution in [1.82, 2.24) is 9.80 Å². The van der Waals surface area contributed by atoms with Gasteiger partial charge >= 0.3 is 0 Å². The van der Waals surface area contributed by atoms with Gasteiger partial charge in [-0.2, -0.15) is 0 Å². The van der Waals surface area contributed by atoms with Crippen molar-refractivity contribution in [1.29, 1.82) is 0 Å². The molecule has 4 heteroatoms. The van der Waals surface area contributed by atoms with Crippen LogP contribution >= 0.6 is 0 Å². The largest absolute Gasteiger partial charge is 0.325 e. The van der Waals surface area contributed by atoms with Gasteiger partial charge in [-0.1, -0.05) is 38.8 Å². The highest BCUT2D eigenvalue weighted by Gasteiger charge is 2.56. The first-order valence-corrected chi connectivity index (χ1v) is 11.5. The van der Waals surface area contributed by atoms with E-state index in [9.17, 15) is 4.79 Å². The minimum atomic E-state index is -0.176. The van der Waals surface area contributed by atoms with Crippen molar-refractivity contribution in [3.63, 3.8) is 0 Å². The highest BCUT2D eigenvalue weighted by molar-refractivity contribution is 6.08. The summed E-state index contributed by atoms with van der Waals surface area (Å²) in [5, 5.41) is 3.07. The third-order valence-electron chi connectivity index (χ3n) is 7.17. The predicted octanol–water partition coefficient (Wildman–Crippen LogP) is 4.39. The van der Waals surface area contributed by atoms with E-state index in [1.165, 1.54) is 49.9 Å². The molecule has 1 saturated carbocycles. The Morgan fingerprint density at radius 2 is 1.93 bits per heavy atom. The molecule has 4 rings (SSSR count). The van der Waals surface area contributed by atoms with Gasteiger partial charge in [-0.05, 0) is 55.7 Å². The molecule has 1 aromatic carbocycles. The Hall–Kier alpha value is -1.39. The number of nitrogens with one attached hydrogen (secondary N) is 1. The number of nitrogens with zero attached hydrogens (tertiary/aromatic N) is 2. The monoisotopic (exact) mass is 383 g/mol. The zero-order valence-electron chi connectivity index (χ0n) is 18.0. The summed E-state index contributed by atoms with van der Waals surface area (Å²) in [7, 11) is 0. The van der Waals surface area contributed by atoms with Crippen molar-refractivity contribution in [2.45, 2.75) is 77.3 Å². The van der Waals surface area contributed by atoms with Crippen LogP contribution < -0.4 is 5.32 Å². The van der Waals surface area contributed by atoms with E-state index in [1.54, 1.807) is 0 Å². The second-order valence-electron chi connectivity index (χ2n) is 9.44. The minimum absolute atomic E-state index is 0.176. The number of rotatable bonds is 8. The maximum Gasteiger partial charge on any atom is 0.235 e. The molecule has 1 amide bonds. The number of carbonyl (C=O) groups is 1. The Labute approximate surface area is 170 Å². The summed E-state index contributed by atoms with van der Waals surface area (Å²) in [6.07, 6.45) is 7.37. The number of amides is 1. The van der Waals surface area contributed by atoms with E-state index in [1.807, 2.05) is 0 Å². The van der Waals surface area contributed by atoms with Crippen LogP contribution in [0.2, 0.25) is 0 Å². The van der Waals surface area contributed by atoms with Crippen LogP contribution in [0.3, 0.4) is 0 Å². The maximum absolute atomic E-state index is 12.2. The molecule has 28 heavy (non-hydrogen) atoms. The summed E-state index contributed by atoms with van der Waals surface area (Å²) in [6.45, 7) is 12.8. The first-order valence-electron chi connectivity index (χ1n) is 11.5. The highest BCUT2D eigenvalue weighted by Crippen LogP contribution is 2.55. The molecule has 0 radical (unpaired) electrons. The lowest BCUT2D eigenvalue weighted by atomic mass is 9.95. The third kappa shape index (κ3) is 3.86. The van der Waals surface area contributed by atoms with Gasteiger partial charge in [-0.25, -0.2) is 0 Å². The smallest absolute Gasteiger partial charge is 0.235 e. The van der Waals surface area contributed by atoms with E-state index in [0.29, 0.717) is 6.04 Å². The Kier molecular flexibility index (Phi) is 5.80. The predicted molar refractivity (Wildman–Crippen MR) is 116 cm³/mol. The van der Waals surface area contributed by atoms with Gasteiger partial charge in [0.25, 0.3) is 0 Å². The van der Waals surface area contributed by atoms with E-state index in [-0.39, 0.29) is 11.3 Å². The van der Waals surface area contributed by atoms with E-state index in [2.05, 4.69) is 54.1 Å². The summed E-state index contributed by atoms with van der Waals surface area (Å²) < 4.78 is 0. The average molecular weight is 384 g/mol. The second-order valence-corrected chi connectivity index (χ2v) is 9.44. The molecule has 3 aliphatic rings. The summed E-state index contributed by atoms with van der Waals surface area (Å²) in [6, 6.07) is 7.25. The Morgan fingerprint density at radius 3 is 2.57 bits per heavy atom. The van der Waals surface area contributed by atoms with Crippen LogP contribution in [0.5, 0.6) is 0 Å². The quantitative estimate of drug-likeness (QED) is 0.723. The zero-order valence-corrected chi connectivity index (χ0v) is 18.0. The van der Waals surface area contributed by atoms with Crippen LogP contribution in [0, 0.1) is 5.92 Å². The van der Waals surface area contributed by atoms with Crippen LogP contribution in [0.15, 0.2) is 18.2 Å². The minimum Gasteiger partial charge on any atom is -0.325 e. The fourth-order valence-corrected chi connectivity index (χ4v) is 5.40. The number of anilines is 1. The van der Waals surface area contributed by atoms with E-state index in [0.717, 1.165) is 44.1 Å². The molecule has 1 unspecified atom stereocenters. The molecule has 1 spiro atoms. The maximum atomic E-state index is 12.2. The van der Waals surface area contributed by atoms with Gasteiger partial charge in [-0.3, -0.25) is 14.6 Å². The molecule has 2 heterocycles. The lowest BCUT2D eigenvalue weighted by Gasteiger charge is -2.41. The number of hydrogen-bond donors (Lipinski definition) is 1. The van der Waals surface area contributed by atoms with Crippen LogP contribution in [-0.4, -0.2) is 47.9 Å². The van der Waals surface area contributed by atoms with Crippen LogP contribution in [0.1, 0.15) is 70.4 Å². The van der Waals surface area contributed by atoms with Gasteiger partial charge in [0.15, 0.2) is 0 Å². The highest BCUT2D eigenvalue weighted by atomic mass is 16.2. The van der Waals surface area contributed by atoms with Crippen LogP contribution in [0.25, 0.3) is 0 Å². The Morgan fingerprint density at radius 1 is 1.18 bits per heavy atom. The van der Waals surface area contributed by atoms with Gasteiger partial charge in [0.05, 0.1) is 5.41 Å². The van der Waals surface area contributed by atoms with Crippen molar-refractivity contribution < 1.29 is 4.79 Å². The Balaban J connectivity index is 1.34. The number of fused-ring (bicyclic) bond motifs is 2. The number of hydrogen-bond acceptors (Lipinski definition) is 3. The normalized spacial score (nSPS) is 24.0. The molecule has 1 aliphatic carbocycles. The van der Waals surface area contributed by atoms with Crippen molar-refractivity contribution in [2.75, 3.05) is 31.5 Å². The second kappa shape index (κ2) is 8.16.